The van der Waals surface area contributed by atoms with Crippen LogP contribution in [0, 0.1) is 10.1 Å². The summed E-state index contributed by atoms with van der Waals surface area (Å²) >= 11 is 0. The summed E-state index contributed by atoms with van der Waals surface area (Å²) in [5.41, 5.74) is 4.38. The summed E-state index contributed by atoms with van der Waals surface area (Å²) in [4.78, 5) is 37.7. The van der Waals surface area contributed by atoms with Crippen molar-refractivity contribution in [3.05, 3.63) is 10.1 Å². The number of amides is 2. The predicted octanol–water partition coefficient (Wildman–Crippen LogP) is 1.56. The van der Waals surface area contributed by atoms with Gasteiger partial charge in [0.15, 0.2) is 5.03 Å². The Morgan fingerprint density at radius 1 is 1.25 bits per heavy atom. The number of hydrogen-bond acceptors (Lipinski definition) is 6. The molecule has 0 aromatic rings. The lowest BCUT2D eigenvalue weighted by molar-refractivity contribution is -0.485. The summed E-state index contributed by atoms with van der Waals surface area (Å²) in [6.45, 7) is 12.4. The molecule has 1 aliphatic rings. The number of guanidine groups is 1. The first-order valence-corrected chi connectivity index (χ1v) is 10.8. The Morgan fingerprint density at radius 3 is 2.47 bits per heavy atom. The highest BCUT2D eigenvalue weighted by atomic mass is 16.7. The van der Waals surface area contributed by atoms with Crippen molar-refractivity contribution in [1.29, 1.82) is 0 Å². The normalized spacial score (nSPS) is 18.2. The van der Waals surface area contributed by atoms with Gasteiger partial charge in [-0.15, -0.1) is 0 Å². The van der Waals surface area contributed by atoms with Gasteiger partial charge in [0.05, 0.1) is 18.2 Å². The van der Waals surface area contributed by atoms with Gasteiger partial charge >= 0.3 is 6.09 Å². The zero-order chi connectivity index (χ0) is 24.5. The van der Waals surface area contributed by atoms with E-state index < -0.39 is 22.8 Å². The molecule has 4 N–H and O–H groups in total. The Balaban J connectivity index is 2.80. The van der Waals surface area contributed by atoms with E-state index in [-0.39, 0.29) is 30.1 Å². The van der Waals surface area contributed by atoms with Crippen molar-refractivity contribution < 1.29 is 24.1 Å². The molecule has 1 saturated heterocycles. The van der Waals surface area contributed by atoms with Crippen molar-refractivity contribution in [3.8, 4) is 0 Å². The molecule has 0 saturated carbocycles. The first-order valence-electron chi connectivity index (χ1n) is 10.8. The summed E-state index contributed by atoms with van der Waals surface area (Å²) in [7, 11) is 0. The lowest BCUT2D eigenvalue weighted by Gasteiger charge is -2.31. The van der Waals surface area contributed by atoms with E-state index in [1.807, 2.05) is 20.8 Å². The van der Waals surface area contributed by atoms with Crippen molar-refractivity contribution >= 4 is 18.0 Å². The van der Waals surface area contributed by atoms with Gasteiger partial charge in [-0.1, -0.05) is 0 Å². The van der Waals surface area contributed by atoms with Gasteiger partial charge in [-0.25, -0.2) is 14.9 Å². The van der Waals surface area contributed by atoms with Gasteiger partial charge < -0.3 is 30.7 Å². The zero-order valence-corrected chi connectivity index (χ0v) is 20.0. The fourth-order valence-corrected chi connectivity index (χ4v) is 3.20. The minimum absolute atomic E-state index is 0.0642. The molecule has 0 aromatic heterocycles. The summed E-state index contributed by atoms with van der Waals surface area (Å²) in [5, 5.41) is 17.7. The molecule has 1 rings (SSSR count). The van der Waals surface area contributed by atoms with Crippen LogP contribution in [-0.4, -0.2) is 70.9 Å². The van der Waals surface area contributed by atoms with E-state index in [1.54, 1.807) is 25.7 Å². The van der Waals surface area contributed by atoms with Crippen LogP contribution in [0.4, 0.5) is 4.79 Å². The quantitative estimate of drug-likeness (QED) is 0.154. The molecule has 184 valence electrons. The van der Waals surface area contributed by atoms with Crippen LogP contribution in [0.2, 0.25) is 0 Å². The summed E-state index contributed by atoms with van der Waals surface area (Å²) < 4.78 is 11.2. The lowest BCUT2D eigenvalue weighted by Crippen LogP contribution is -2.52. The SMILES string of the molecule is CC(C)(C)OC[C@H]1CCCN1C(=O)[C@H](CCCN/C(N)=N/[N+](=O)[O-])NC(=O)OC(C)(C)C. The van der Waals surface area contributed by atoms with E-state index >= 15 is 0 Å². The molecule has 32 heavy (non-hydrogen) atoms. The number of nitrogens with one attached hydrogen (secondary N) is 2. The van der Waals surface area contributed by atoms with E-state index in [2.05, 4.69) is 15.7 Å². The first-order chi connectivity index (χ1) is 14.7. The minimum atomic E-state index is -0.897. The van der Waals surface area contributed by atoms with Gasteiger partial charge in [0, 0.05) is 13.1 Å². The molecular formula is C20H38N6O6. The molecule has 0 spiro atoms. The van der Waals surface area contributed by atoms with Crippen LogP contribution in [0.3, 0.4) is 0 Å². The molecule has 2 atom stereocenters. The van der Waals surface area contributed by atoms with E-state index in [0.717, 1.165) is 12.8 Å². The van der Waals surface area contributed by atoms with Crippen LogP contribution >= 0.6 is 0 Å². The third-order valence-corrected chi connectivity index (χ3v) is 4.52. The van der Waals surface area contributed by atoms with Gasteiger partial charge in [0.25, 0.3) is 5.96 Å². The fraction of sp³-hybridized carbons (Fsp3) is 0.850. The third kappa shape index (κ3) is 11.1. The van der Waals surface area contributed by atoms with Crippen LogP contribution < -0.4 is 16.4 Å². The summed E-state index contributed by atoms with van der Waals surface area (Å²) in [6, 6.07) is -0.874. The topological polar surface area (TPSA) is 161 Å². The maximum atomic E-state index is 13.3. The Kier molecular flexibility index (Phi) is 10.1. The van der Waals surface area contributed by atoms with E-state index in [0.29, 0.717) is 26.0 Å². The Morgan fingerprint density at radius 2 is 1.91 bits per heavy atom. The molecule has 12 nitrogen and oxygen atoms in total. The van der Waals surface area contributed by atoms with Crippen molar-refractivity contribution in [2.24, 2.45) is 10.8 Å². The number of nitrogens with zero attached hydrogens (tertiary/aromatic N) is 3. The maximum absolute atomic E-state index is 13.3. The number of rotatable bonds is 9. The van der Waals surface area contributed by atoms with Gasteiger partial charge in [-0.05, 0) is 67.2 Å². The standard InChI is InChI=1S/C20H38N6O6/c1-19(2,3)31-13-14-9-8-12-25(14)16(27)15(23-18(28)32-20(4,5)6)10-7-11-22-17(21)24-26(29)30/h14-15H,7-13H2,1-6H3,(H,23,28)(H3,21,22,24)/t14-,15+/m1/s1. The average molecular weight is 459 g/mol. The number of alkyl carbamates (subject to hydrolysis) is 1. The average Bonchev–Trinajstić information content (AvgIpc) is 3.07. The summed E-state index contributed by atoms with van der Waals surface area (Å²) in [6.07, 6.45) is 1.71. The predicted molar refractivity (Wildman–Crippen MR) is 119 cm³/mol. The van der Waals surface area contributed by atoms with Crippen molar-refractivity contribution in [2.75, 3.05) is 19.7 Å². The highest BCUT2D eigenvalue weighted by Crippen LogP contribution is 2.22. The number of ether oxygens (including phenoxy) is 2. The second kappa shape index (κ2) is 11.8. The Bertz CT molecular complexity index is 685. The van der Waals surface area contributed by atoms with E-state index in [9.17, 15) is 19.7 Å². The number of carbonyl (C=O) groups excluding carboxylic acids is 2. The first kappa shape index (κ1) is 27.4. The molecule has 0 aromatic carbocycles. The Hall–Kier alpha value is -2.63. The Labute approximate surface area is 189 Å². The fourth-order valence-electron chi connectivity index (χ4n) is 3.20. The number of nitro groups is 1. The molecule has 1 fully saturated rings. The smallest absolute Gasteiger partial charge is 0.408 e. The minimum Gasteiger partial charge on any atom is -0.444 e. The molecule has 2 amide bonds. The lowest BCUT2D eigenvalue weighted by atomic mass is 10.1. The largest absolute Gasteiger partial charge is 0.444 e. The van der Waals surface area contributed by atoms with E-state index in [4.69, 9.17) is 15.2 Å². The van der Waals surface area contributed by atoms with Gasteiger partial charge in [-0.3, -0.25) is 4.79 Å². The van der Waals surface area contributed by atoms with Crippen LogP contribution in [0.5, 0.6) is 0 Å². The molecule has 0 unspecified atom stereocenters. The number of carbonyl (C=O) groups is 2. The molecule has 0 radical (unpaired) electrons. The second-order valence-electron chi connectivity index (χ2n) is 9.74. The number of hydrazone groups is 1. The van der Waals surface area contributed by atoms with Crippen LogP contribution in [0.25, 0.3) is 0 Å². The molecule has 0 aliphatic carbocycles. The van der Waals surface area contributed by atoms with Crippen molar-refractivity contribution in [1.82, 2.24) is 15.5 Å². The number of likely N-dealkylation sites (tertiary alicyclic amines) is 1. The zero-order valence-electron chi connectivity index (χ0n) is 20.0. The second-order valence-corrected chi connectivity index (χ2v) is 9.74. The third-order valence-electron chi connectivity index (χ3n) is 4.52. The highest BCUT2D eigenvalue weighted by Gasteiger charge is 2.35. The molecular weight excluding hydrogens is 420 g/mol. The van der Waals surface area contributed by atoms with Crippen molar-refractivity contribution in [3.63, 3.8) is 0 Å². The van der Waals surface area contributed by atoms with Crippen LogP contribution in [-0.2, 0) is 14.3 Å². The summed E-state index contributed by atoms with van der Waals surface area (Å²) in [5.74, 6) is -0.528. The van der Waals surface area contributed by atoms with E-state index in [1.165, 1.54) is 0 Å². The van der Waals surface area contributed by atoms with Crippen LogP contribution in [0.1, 0.15) is 67.2 Å². The van der Waals surface area contributed by atoms with Gasteiger partial charge in [-0.2, -0.15) is 0 Å². The number of nitrogens with two attached hydrogens (primary N) is 1. The molecule has 12 heteroatoms. The van der Waals surface area contributed by atoms with Gasteiger partial charge in [0.1, 0.15) is 16.7 Å². The molecule has 0 bridgehead atoms. The van der Waals surface area contributed by atoms with Gasteiger partial charge in [0.2, 0.25) is 5.91 Å². The van der Waals surface area contributed by atoms with Crippen molar-refractivity contribution in [2.45, 2.75) is 90.5 Å². The highest BCUT2D eigenvalue weighted by molar-refractivity contribution is 5.86. The maximum Gasteiger partial charge on any atom is 0.408 e. The van der Waals surface area contributed by atoms with Crippen LogP contribution in [0.15, 0.2) is 5.10 Å². The molecule has 1 heterocycles. The molecule has 1 aliphatic heterocycles. The number of hydrogen-bond donors (Lipinski definition) is 3. The monoisotopic (exact) mass is 458 g/mol.